The molecule has 3 heterocycles. The van der Waals surface area contributed by atoms with E-state index >= 15 is 0 Å². The van der Waals surface area contributed by atoms with Crippen molar-refractivity contribution >= 4 is 10.9 Å². The molecule has 1 aliphatic rings. The molecule has 8 nitrogen and oxygen atoms in total. The van der Waals surface area contributed by atoms with Gasteiger partial charge < -0.3 is 14.6 Å². The molecule has 0 saturated carbocycles. The summed E-state index contributed by atoms with van der Waals surface area (Å²) in [5, 5.41) is 13.8. The van der Waals surface area contributed by atoms with Crippen LogP contribution in [0.15, 0.2) is 29.1 Å². The molecule has 2 N–H and O–H groups in total. The molecule has 1 atom stereocenters. The highest BCUT2D eigenvalue weighted by molar-refractivity contribution is 5.80. The first-order valence-electron chi connectivity index (χ1n) is 11.3. The summed E-state index contributed by atoms with van der Waals surface area (Å²) < 4.78 is 7.24. The lowest BCUT2D eigenvalue weighted by molar-refractivity contribution is -0.925. The molecule has 31 heavy (non-hydrogen) atoms. The molecule has 8 heteroatoms. The molecule has 0 amide bonds. The predicted octanol–water partition coefficient (Wildman–Crippen LogP) is 2.22. The van der Waals surface area contributed by atoms with Crippen molar-refractivity contribution in [1.29, 1.82) is 0 Å². The van der Waals surface area contributed by atoms with E-state index in [4.69, 9.17) is 4.74 Å². The van der Waals surface area contributed by atoms with Crippen molar-refractivity contribution in [3.05, 3.63) is 46.0 Å². The smallest absolute Gasteiger partial charge is 0.258 e. The van der Waals surface area contributed by atoms with Crippen LogP contribution in [0.5, 0.6) is 5.75 Å². The minimum atomic E-state index is -0.237. The number of benzene rings is 1. The molecule has 1 saturated heterocycles. The van der Waals surface area contributed by atoms with E-state index in [9.17, 15) is 4.79 Å². The lowest BCUT2D eigenvalue weighted by atomic mass is 9.99. The van der Waals surface area contributed by atoms with E-state index in [0.29, 0.717) is 0 Å². The third-order valence-corrected chi connectivity index (χ3v) is 6.74. The number of nitrogens with zero attached hydrogens (tertiary/aromatic N) is 4. The van der Waals surface area contributed by atoms with Crippen molar-refractivity contribution in [2.45, 2.75) is 64.5 Å². The van der Waals surface area contributed by atoms with Crippen LogP contribution in [0.25, 0.3) is 10.9 Å². The third kappa shape index (κ3) is 4.21. The van der Waals surface area contributed by atoms with Gasteiger partial charge in [-0.2, -0.15) is 0 Å². The molecule has 0 unspecified atom stereocenters. The standard InChI is InChI=1S/C23H32N6O2/c1-5-23(2,3)29-21(25-26-27-29)20(28-12-8-6-7-9-13-28)18-14-16-10-11-17(31-4)15-19(16)24-22(18)30/h10-11,14-15,20H,5-9,12-13H2,1-4H3,(H,24,30)/p+1/t20-/m0/s1. The lowest BCUT2D eigenvalue weighted by Crippen LogP contribution is -3.12. The van der Waals surface area contributed by atoms with E-state index in [1.54, 1.807) is 7.11 Å². The van der Waals surface area contributed by atoms with Crippen LogP contribution in [0.1, 0.15) is 70.3 Å². The molecule has 3 aromatic rings. The number of nitrogens with one attached hydrogen (secondary N) is 2. The number of tetrazole rings is 1. The number of rotatable bonds is 6. The van der Waals surface area contributed by atoms with Crippen molar-refractivity contribution in [3.8, 4) is 5.75 Å². The molecule has 1 aliphatic heterocycles. The Morgan fingerprint density at radius 1 is 1.19 bits per heavy atom. The van der Waals surface area contributed by atoms with Gasteiger partial charge in [0.05, 0.1) is 36.8 Å². The number of fused-ring (bicyclic) bond motifs is 1. The molecule has 166 valence electrons. The van der Waals surface area contributed by atoms with Gasteiger partial charge in [0.15, 0.2) is 6.04 Å². The lowest BCUT2D eigenvalue weighted by Gasteiger charge is -2.30. The van der Waals surface area contributed by atoms with E-state index in [0.717, 1.165) is 60.4 Å². The average molecular weight is 426 g/mol. The van der Waals surface area contributed by atoms with Gasteiger partial charge in [0, 0.05) is 6.07 Å². The number of pyridine rings is 1. The number of ether oxygens (including phenoxy) is 1. The van der Waals surface area contributed by atoms with Crippen LogP contribution in [0.2, 0.25) is 0 Å². The zero-order valence-corrected chi connectivity index (χ0v) is 18.9. The van der Waals surface area contributed by atoms with E-state index < -0.39 is 0 Å². The zero-order chi connectivity index (χ0) is 22.0. The van der Waals surface area contributed by atoms with Crippen LogP contribution in [-0.2, 0) is 5.54 Å². The summed E-state index contributed by atoms with van der Waals surface area (Å²) in [6.45, 7) is 8.42. The van der Waals surface area contributed by atoms with Crippen LogP contribution in [0.3, 0.4) is 0 Å². The zero-order valence-electron chi connectivity index (χ0n) is 18.9. The normalized spacial score (nSPS) is 16.9. The van der Waals surface area contributed by atoms with Crippen LogP contribution in [0, 0.1) is 0 Å². The highest BCUT2D eigenvalue weighted by Gasteiger charge is 2.37. The predicted molar refractivity (Wildman–Crippen MR) is 120 cm³/mol. The molecule has 0 radical (unpaired) electrons. The van der Waals surface area contributed by atoms with Gasteiger partial charge in [-0.1, -0.05) is 6.92 Å². The Morgan fingerprint density at radius 3 is 2.61 bits per heavy atom. The number of hydrogen-bond donors (Lipinski definition) is 2. The molecule has 2 aromatic heterocycles. The third-order valence-electron chi connectivity index (χ3n) is 6.74. The van der Waals surface area contributed by atoms with Gasteiger partial charge in [-0.3, -0.25) is 4.79 Å². The van der Waals surface area contributed by atoms with Crippen molar-refractivity contribution in [3.63, 3.8) is 0 Å². The van der Waals surface area contributed by atoms with Gasteiger partial charge in [-0.15, -0.1) is 5.10 Å². The fourth-order valence-corrected chi connectivity index (χ4v) is 4.51. The SMILES string of the molecule is CCC(C)(C)n1nnnc1[C@H](c1cc2ccc(OC)cc2[nH]c1=O)[NH+]1CCCCCC1. The maximum atomic E-state index is 13.3. The van der Waals surface area contributed by atoms with E-state index in [-0.39, 0.29) is 17.1 Å². The number of hydrogen-bond acceptors (Lipinski definition) is 5. The van der Waals surface area contributed by atoms with Crippen LogP contribution in [0.4, 0.5) is 0 Å². The molecular weight excluding hydrogens is 392 g/mol. The Labute approximate surface area is 182 Å². The topological polar surface area (TPSA) is 90.1 Å². The van der Waals surface area contributed by atoms with E-state index in [1.165, 1.54) is 17.7 Å². The summed E-state index contributed by atoms with van der Waals surface area (Å²) in [6, 6.07) is 7.56. The fourth-order valence-electron chi connectivity index (χ4n) is 4.51. The Hall–Kier alpha value is -2.74. The van der Waals surface area contributed by atoms with Gasteiger partial charge in [0.2, 0.25) is 5.82 Å². The molecule has 1 aromatic carbocycles. The maximum absolute atomic E-state index is 13.3. The quantitative estimate of drug-likeness (QED) is 0.632. The second-order valence-corrected chi connectivity index (χ2v) is 9.13. The number of methoxy groups -OCH3 is 1. The first kappa shape index (κ1) is 21.5. The first-order valence-corrected chi connectivity index (χ1v) is 11.3. The van der Waals surface area contributed by atoms with Crippen molar-refractivity contribution in [2.75, 3.05) is 20.2 Å². The van der Waals surface area contributed by atoms with Gasteiger partial charge >= 0.3 is 0 Å². The van der Waals surface area contributed by atoms with Crippen molar-refractivity contribution in [2.24, 2.45) is 0 Å². The van der Waals surface area contributed by atoms with Crippen molar-refractivity contribution in [1.82, 2.24) is 25.2 Å². The molecule has 0 spiro atoms. The molecule has 1 fully saturated rings. The number of aromatic nitrogens is 5. The number of quaternary nitrogens is 1. The largest absolute Gasteiger partial charge is 0.497 e. The van der Waals surface area contributed by atoms with Crippen LogP contribution < -0.4 is 15.2 Å². The van der Waals surface area contributed by atoms with Gasteiger partial charge in [-0.25, -0.2) is 4.68 Å². The average Bonchev–Trinajstić information content (AvgIpc) is 3.11. The number of likely N-dealkylation sites (tertiary alicyclic amines) is 1. The highest BCUT2D eigenvalue weighted by Crippen LogP contribution is 2.26. The summed E-state index contributed by atoms with van der Waals surface area (Å²) in [6.07, 6.45) is 5.65. The van der Waals surface area contributed by atoms with Crippen LogP contribution >= 0.6 is 0 Å². The monoisotopic (exact) mass is 425 g/mol. The van der Waals surface area contributed by atoms with Crippen LogP contribution in [-0.4, -0.2) is 45.4 Å². The molecular formula is C23H33N6O2+. The summed E-state index contributed by atoms with van der Waals surface area (Å²) in [7, 11) is 1.63. The number of aromatic amines is 1. The second kappa shape index (κ2) is 8.78. The molecule has 0 aliphatic carbocycles. The van der Waals surface area contributed by atoms with E-state index in [1.807, 2.05) is 28.9 Å². The number of H-pyrrole nitrogens is 1. The Bertz CT molecular complexity index is 1090. The summed E-state index contributed by atoms with van der Waals surface area (Å²) >= 11 is 0. The first-order chi connectivity index (χ1) is 14.9. The van der Waals surface area contributed by atoms with Crippen molar-refractivity contribution < 1.29 is 9.64 Å². The highest BCUT2D eigenvalue weighted by atomic mass is 16.5. The second-order valence-electron chi connectivity index (χ2n) is 9.13. The summed E-state index contributed by atoms with van der Waals surface area (Å²) in [5.41, 5.74) is 1.16. The minimum absolute atomic E-state index is 0.0913. The Balaban J connectivity index is 1.89. The minimum Gasteiger partial charge on any atom is -0.497 e. The molecule has 4 rings (SSSR count). The molecule has 0 bridgehead atoms. The summed E-state index contributed by atoms with van der Waals surface area (Å²) in [4.78, 5) is 17.8. The summed E-state index contributed by atoms with van der Waals surface area (Å²) in [5.74, 6) is 1.49. The Kier molecular flexibility index (Phi) is 6.09. The van der Waals surface area contributed by atoms with Gasteiger partial charge in [0.25, 0.3) is 5.56 Å². The maximum Gasteiger partial charge on any atom is 0.258 e. The Morgan fingerprint density at radius 2 is 1.94 bits per heavy atom. The fraction of sp³-hybridized carbons (Fsp3) is 0.565. The van der Waals surface area contributed by atoms with E-state index in [2.05, 4.69) is 41.3 Å². The van der Waals surface area contributed by atoms with Gasteiger partial charge in [-0.05, 0) is 80.0 Å². The van der Waals surface area contributed by atoms with Gasteiger partial charge in [0.1, 0.15) is 5.75 Å².